The summed E-state index contributed by atoms with van der Waals surface area (Å²) in [5, 5.41) is 0. The zero-order valence-electron chi connectivity index (χ0n) is 10.4. The molecule has 1 atom stereocenters. The molecule has 17 heavy (non-hydrogen) atoms. The van der Waals surface area contributed by atoms with Crippen LogP contribution in [-0.4, -0.2) is 21.0 Å². The van der Waals surface area contributed by atoms with Gasteiger partial charge in [0.25, 0.3) is 0 Å². The Balaban J connectivity index is 2.36. The number of esters is 1. The van der Waals surface area contributed by atoms with Gasteiger partial charge in [0, 0.05) is 0 Å². The van der Waals surface area contributed by atoms with Crippen LogP contribution < -0.4 is 0 Å². The van der Waals surface area contributed by atoms with Crippen LogP contribution in [0.1, 0.15) is 26.3 Å². The molecule has 3 nitrogen and oxygen atoms in total. The predicted molar refractivity (Wildman–Crippen MR) is 69.0 cm³/mol. The van der Waals surface area contributed by atoms with E-state index in [1.54, 1.807) is 0 Å². The summed E-state index contributed by atoms with van der Waals surface area (Å²) in [4.78, 5) is 11.5. The van der Waals surface area contributed by atoms with E-state index in [-0.39, 0.29) is 17.1 Å². The van der Waals surface area contributed by atoms with Crippen molar-refractivity contribution in [2.24, 2.45) is 0 Å². The Morgan fingerprint density at radius 3 is 2.41 bits per heavy atom. The molecule has 0 bridgehead atoms. The summed E-state index contributed by atoms with van der Waals surface area (Å²) in [7, 11) is 0. The summed E-state index contributed by atoms with van der Waals surface area (Å²) in [6.07, 6.45) is 0. The van der Waals surface area contributed by atoms with Crippen LogP contribution >= 0.6 is 0 Å². The fourth-order valence-electron chi connectivity index (χ4n) is 1.10. The molecular weight excluding hydrogens is 236 g/mol. The second-order valence-electron chi connectivity index (χ2n) is 4.75. The number of carbonyl (C=O) groups is 1. The minimum absolute atomic E-state index is 0.0453. The Labute approximate surface area is 105 Å². The van der Waals surface area contributed by atoms with E-state index in [0.29, 0.717) is 0 Å². The molecule has 0 spiro atoms. The molecule has 94 valence electrons. The Morgan fingerprint density at radius 1 is 1.29 bits per heavy atom. The molecule has 0 saturated carbocycles. The van der Waals surface area contributed by atoms with E-state index in [4.69, 9.17) is 4.74 Å². The van der Waals surface area contributed by atoms with E-state index in [2.05, 4.69) is 0 Å². The highest BCUT2D eigenvalue weighted by molar-refractivity contribution is 7.93. The largest absolute Gasteiger partial charge is 0.616 e. The summed E-state index contributed by atoms with van der Waals surface area (Å²) in [6, 6.07) is 9.44. The third-order valence-electron chi connectivity index (χ3n) is 2.17. The van der Waals surface area contributed by atoms with Crippen molar-refractivity contribution in [3.8, 4) is 0 Å². The Hall–Kier alpha value is -1.00. The molecule has 1 rings (SSSR count). The molecule has 0 heterocycles. The molecule has 0 radical (unpaired) electrons. The fourth-order valence-corrected chi connectivity index (χ4v) is 1.83. The molecule has 0 aliphatic heterocycles. The highest BCUT2D eigenvalue weighted by atomic mass is 32.2. The average molecular weight is 254 g/mol. The van der Waals surface area contributed by atoms with Gasteiger partial charge < -0.3 is 9.29 Å². The zero-order valence-corrected chi connectivity index (χ0v) is 11.3. The molecule has 0 amide bonds. The van der Waals surface area contributed by atoms with Crippen LogP contribution in [0.4, 0.5) is 0 Å². The van der Waals surface area contributed by atoms with Crippen molar-refractivity contribution in [3.05, 3.63) is 35.9 Å². The van der Waals surface area contributed by atoms with Gasteiger partial charge in [-0.1, -0.05) is 30.3 Å². The maximum atomic E-state index is 11.7. The normalized spacial score (nSPS) is 13.2. The van der Waals surface area contributed by atoms with Gasteiger partial charge in [-0.05, 0) is 37.5 Å². The molecule has 0 saturated heterocycles. The Bertz CT molecular complexity index is 357. The lowest BCUT2D eigenvalue weighted by Gasteiger charge is -2.23. The van der Waals surface area contributed by atoms with Crippen LogP contribution in [0.2, 0.25) is 0 Å². The third-order valence-corrected chi connectivity index (χ3v) is 4.04. The molecule has 0 fully saturated rings. The first-order valence-electron chi connectivity index (χ1n) is 5.47. The van der Waals surface area contributed by atoms with Crippen LogP contribution in [0.25, 0.3) is 0 Å². The third kappa shape index (κ3) is 5.24. The molecule has 1 aromatic carbocycles. The van der Waals surface area contributed by atoms with Crippen molar-refractivity contribution < 1.29 is 14.1 Å². The standard InChI is InChI=1S/C13H18O3S/c1-13(2,3)17(15)10-12(14)16-9-11-7-5-4-6-8-11/h4-8H,9-10H2,1-3H3. The van der Waals surface area contributed by atoms with Crippen LogP contribution in [0.3, 0.4) is 0 Å². The van der Waals surface area contributed by atoms with Gasteiger partial charge in [0.15, 0.2) is 0 Å². The maximum Gasteiger partial charge on any atom is 0.356 e. The number of hydrogen-bond acceptors (Lipinski definition) is 3. The van der Waals surface area contributed by atoms with Crippen molar-refractivity contribution in [1.82, 2.24) is 0 Å². The van der Waals surface area contributed by atoms with Gasteiger partial charge in [-0.3, -0.25) is 0 Å². The van der Waals surface area contributed by atoms with Crippen LogP contribution in [0.15, 0.2) is 30.3 Å². The SMILES string of the molecule is CC(C)(C)[S+]([O-])CC(=O)OCc1ccccc1. The van der Waals surface area contributed by atoms with E-state index in [1.165, 1.54) is 0 Å². The first kappa shape index (κ1) is 14.1. The van der Waals surface area contributed by atoms with Crippen molar-refractivity contribution >= 4 is 17.1 Å². The van der Waals surface area contributed by atoms with E-state index in [1.807, 2.05) is 51.1 Å². The lowest BCUT2D eigenvalue weighted by molar-refractivity contribution is -0.141. The minimum Gasteiger partial charge on any atom is -0.616 e. The molecule has 0 aliphatic rings. The lowest BCUT2D eigenvalue weighted by Crippen LogP contribution is -2.34. The first-order valence-corrected chi connectivity index (χ1v) is 6.79. The summed E-state index contributed by atoms with van der Waals surface area (Å²) in [5.41, 5.74) is 0.933. The second-order valence-corrected chi connectivity index (χ2v) is 6.95. The summed E-state index contributed by atoms with van der Waals surface area (Å²) in [5.74, 6) is -0.460. The molecule has 1 unspecified atom stereocenters. The number of rotatable bonds is 4. The van der Waals surface area contributed by atoms with Crippen LogP contribution in [-0.2, 0) is 27.3 Å². The van der Waals surface area contributed by atoms with E-state index in [0.717, 1.165) is 5.56 Å². The molecule has 0 aromatic heterocycles. The van der Waals surface area contributed by atoms with Crippen molar-refractivity contribution in [1.29, 1.82) is 0 Å². The smallest absolute Gasteiger partial charge is 0.356 e. The number of carbonyl (C=O) groups excluding carboxylic acids is 1. The van der Waals surface area contributed by atoms with Crippen molar-refractivity contribution in [2.75, 3.05) is 5.75 Å². The van der Waals surface area contributed by atoms with Gasteiger partial charge in [-0.2, -0.15) is 0 Å². The Morgan fingerprint density at radius 2 is 1.88 bits per heavy atom. The van der Waals surface area contributed by atoms with E-state index >= 15 is 0 Å². The Kier molecular flexibility index (Phi) is 5.02. The van der Waals surface area contributed by atoms with Crippen molar-refractivity contribution in [2.45, 2.75) is 32.1 Å². The summed E-state index contributed by atoms with van der Waals surface area (Å²) >= 11 is -1.20. The summed E-state index contributed by atoms with van der Waals surface area (Å²) in [6.45, 7) is 5.76. The van der Waals surface area contributed by atoms with E-state index in [9.17, 15) is 9.35 Å². The maximum absolute atomic E-state index is 11.7. The van der Waals surface area contributed by atoms with Gasteiger partial charge >= 0.3 is 5.97 Å². The van der Waals surface area contributed by atoms with Crippen LogP contribution in [0, 0.1) is 0 Å². The average Bonchev–Trinajstić information content (AvgIpc) is 2.26. The van der Waals surface area contributed by atoms with Gasteiger partial charge in [-0.15, -0.1) is 0 Å². The molecule has 1 aromatic rings. The van der Waals surface area contributed by atoms with Crippen molar-refractivity contribution in [3.63, 3.8) is 0 Å². The quantitative estimate of drug-likeness (QED) is 0.612. The predicted octanol–water partition coefficient (Wildman–Crippen LogP) is 2.28. The lowest BCUT2D eigenvalue weighted by atomic mass is 10.2. The highest BCUT2D eigenvalue weighted by Crippen LogP contribution is 2.16. The second kappa shape index (κ2) is 6.07. The first-order chi connectivity index (χ1) is 7.89. The van der Waals surface area contributed by atoms with E-state index < -0.39 is 17.1 Å². The number of hydrogen-bond donors (Lipinski definition) is 0. The molecular formula is C13H18O3S. The topological polar surface area (TPSA) is 49.4 Å². The fraction of sp³-hybridized carbons (Fsp3) is 0.462. The van der Waals surface area contributed by atoms with Gasteiger partial charge in [0.1, 0.15) is 11.4 Å². The number of ether oxygens (including phenoxy) is 1. The zero-order chi connectivity index (χ0) is 12.9. The minimum atomic E-state index is -1.20. The number of benzene rings is 1. The summed E-state index contributed by atoms with van der Waals surface area (Å²) < 4.78 is 16.4. The monoisotopic (exact) mass is 254 g/mol. The highest BCUT2D eigenvalue weighted by Gasteiger charge is 2.28. The molecule has 0 aliphatic carbocycles. The van der Waals surface area contributed by atoms with Gasteiger partial charge in [0.2, 0.25) is 5.75 Å². The van der Waals surface area contributed by atoms with Gasteiger partial charge in [-0.25, -0.2) is 4.79 Å². The van der Waals surface area contributed by atoms with Gasteiger partial charge in [0.05, 0.1) is 0 Å². The van der Waals surface area contributed by atoms with Crippen LogP contribution in [0.5, 0.6) is 0 Å². The molecule has 0 N–H and O–H groups in total. The molecule has 4 heteroatoms.